The van der Waals surface area contributed by atoms with Crippen LogP contribution in [0.5, 0.6) is 0 Å². The number of likely N-dealkylation sites (tertiary alicyclic amines) is 1. The molecule has 0 aliphatic carbocycles. The molecular formula is C12H15NO. The van der Waals surface area contributed by atoms with Gasteiger partial charge in [-0.25, -0.2) is 0 Å². The predicted octanol–water partition coefficient (Wildman–Crippen LogP) is 2.05. The minimum Gasteiger partial charge on any atom is -0.338 e. The van der Waals surface area contributed by atoms with Gasteiger partial charge in [0.2, 0.25) is 5.91 Å². The van der Waals surface area contributed by atoms with Crippen LogP contribution < -0.4 is 0 Å². The van der Waals surface area contributed by atoms with E-state index in [0.29, 0.717) is 18.2 Å². The molecule has 0 N–H and O–H groups in total. The fourth-order valence-corrected chi connectivity index (χ4v) is 1.93. The normalized spacial score (nSPS) is 21.6. The van der Waals surface area contributed by atoms with Gasteiger partial charge in [-0.3, -0.25) is 4.79 Å². The van der Waals surface area contributed by atoms with Gasteiger partial charge in [0.1, 0.15) is 0 Å². The van der Waals surface area contributed by atoms with Gasteiger partial charge < -0.3 is 4.90 Å². The van der Waals surface area contributed by atoms with Gasteiger partial charge in [-0.2, -0.15) is 0 Å². The van der Waals surface area contributed by atoms with Crippen LogP contribution in [-0.4, -0.2) is 17.4 Å². The fourth-order valence-electron chi connectivity index (χ4n) is 1.93. The van der Waals surface area contributed by atoms with Crippen molar-refractivity contribution in [2.75, 3.05) is 6.54 Å². The molecule has 1 aromatic carbocycles. The number of benzene rings is 1. The Hall–Kier alpha value is -1.31. The predicted molar refractivity (Wildman–Crippen MR) is 55.6 cm³/mol. The van der Waals surface area contributed by atoms with Crippen molar-refractivity contribution in [3.63, 3.8) is 0 Å². The maximum absolute atomic E-state index is 11.5. The number of hydrogen-bond donors (Lipinski definition) is 0. The van der Waals surface area contributed by atoms with E-state index in [0.717, 1.165) is 13.1 Å². The van der Waals surface area contributed by atoms with Gasteiger partial charge >= 0.3 is 0 Å². The lowest BCUT2D eigenvalue weighted by Gasteiger charge is -2.15. The van der Waals surface area contributed by atoms with E-state index in [2.05, 4.69) is 19.1 Å². The highest BCUT2D eigenvalue weighted by molar-refractivity contribution is 5.78. The van der Waals surface area contributed by atoms with E-state index >= 15 is 0 Å². The van der Waals surface area contributed by atoms with Crippen LogP contribution in [0.2, 0.25) is 0 Å². The van der Waals surface area contributed by atoms with Crippen LogP contribution in [0.4, 0.5) is 0 Å². The Labute approximate surface area is 84.5 Å². The van der Waals surface area contributed by atoms with Crippen molar-refractivity contribution in [2.24, 2.45) is 5.92 Å². The molecule has 0 bridgehead atoms. The highest BCUT2D eigenvalue weighted by Crippen LogP contribution is 2.18. The Morgan fingerprint density at radius 2 is 2.07 bits per heavy atom. The second-order valence-corrected chi connectivity index (χ2v) is 4.07. The molecule has 1 atom stereocenters. The van der Waals surface area contributed by atoms with E-state index in [1.54, 1.807) is 0 Å². The average Bonchev–Trinajstić information content (AvgIpc) is 2.47. The van der Waals surface area contributed by atoms with Gasteiger partial charge in [0.05, 0.1) is 0 Å². The minimum atomic E-state index is 0.293. The molecule has 0 aromatic heterocycles. The zero-order valence-electron chi connectivity index (χ0n) is 8.44. The number of nitrogens with zero attached hydrogens (tertiary/aromatic N) is 1. The maximum Gasteiger partial charge on any atom is 0.223 e. The molecule has 1 amide bonds. The zero-order chi connectivity index (χ0) is 9.97. The van der Waals surface area contributed by atoms with Crippen molar-refractivity contribution in [3.8, 4) is 0 Å². The van der Waals surface area contributed by atoms with Crippen LogP contribution in [-0.2, 0) is 11.3 Å². The number of carbonyl (C=O) groups excluding carboxylic acids is 1. The van der Waals surface area contributed by atoms with Crippen LogP contribution in [0, 0.1) is 5.92 Å². The second-order valence-electron chi connectivity index (χ2n) is 4.07. The number of hydrogen-bond acceptors (Lipinski definition) is 1. The molecule has 1 fully saturated rings. The first-order chi connectivity index (χ1) is 6.75. The molecule has 1 aromatic rings. The van der Waals surface area contributed by atoms with E-state index < -0.39 is 0 Å². The minimum absolute atomic E-state index is 0.293. The van der Waals surface area contributed by atoms with E-state index in [-0.39, 0.29) is 0 Å². The molecule has 1 saturated heterocycles. The maximum atomic E-state index is 11.5. The van der Waals surface area contributed by atoms with Crippen LogP contribution in [0.15, 0.2) is 30.3 Å². The zero-order valence-corrected chi connectivity index (χ0v) is 8.44. The van der Waals surface area contributed by atoms with Crippen molar-refractivity contribution < 1.29 is 4.79 Å². The van der Waals surface area contributed by atoms with E-state index in [1.165, 1.54) is 5.56 Å². The van der Waals surface area contributed by atoms with Gasteiger partial charge in [-0.05, 0) is 11.5 Å². The Morgan fingerprint density at radius 3 is 2.64 bits per heavy atom. The van der Waals surface area contributed by atoms with Crippen molar-refractivity contribution in [1.82, 2.24) is 4.90 Å². The summed E-state index contributed by atoms with van der Waals surface area (Å²) < 4.78 is 0. The van der Waals surface area contributed by atoms with E-state index in [1.807, 2.05) is 23.1 Å². The van der Waals surface area contributed by atoms with Crippen LogP contribution in [0.25, 0.3) is 0 Å². The second kappa shape index (κ2) is 3.82. The van der Waals surface area contributed by atoms with E-state index in [4.69, 9.17) is 0 Å². The largest absolute Gasteiger partial charge is 0.338 e. The molecule has 1 aliphatic rings. The molecule has 14 heavy (non-hydrogen) atoms. The lowest BCUT2D eigenvalue weighted by molar-refractivity contribution is -0.128. The lowest BCUT2D eigenvalue weighted by atomic mass is 10.2. The molecule has 2 rings (SSSR count). The Kier molecular flexibility index (Phi) is 2.53. The first kappa shape index (κ1) is 9.25. The molecule has 1 unspecified atom stereocenters. The summed E-state index contributed by atoms with van der Waals surface area (Å²) in [4.78, 5) is 13.5. The van der Waals surface area contributed by atoms with E-state index in [9.17, 15) is 4.79 Å². The molecule has 0 saturated carbocycles. The number of carbonyl (C=O) groups is 1. The molecule has 0 spiro atoms. The monoisotopic (exact) mass is 189 g/mol. The third-order valence-electron chi connectivity index (χ3n) is 2.62. The summed E-state index contributed by atoms with van der Waals surface area (Å²) in [6, 6.07) is 10.2. The smallest absolute Gasteiger partial charge is 0.223 e. The standard InChI is InChI=1S/C12H15NO/c1-10-7-12(14)13(8-10)9-11-5-3-2-4-6-11/h2-6,10H,7-9H2,1H3. The molecule has 2 heteroatoms. The lowest BCUT2D eigenvalue weighted by Crippen LogP contribution is -2.24. The van der Waals surface area contributed by atoms with Gasteiger partial charge in [0, 0.05) is 19.5 Å². The molecule has 1 heterocycles. The Morgan fingerprint density at radius 1 is 1.36 bits per heavy atom. The van der Waals surface area contributed by atoms with Gasteiger partial charge in [-0.1, -0.05) is 37.3 Å². The summed E-state index contributed by atoms with van der Waals surface area (Å²) >= 11 is 0. The van der Waals surface area contributed by atoms with Crippen LogP contribution in [0.3, 0.4) is 0 Å². The third-order valence-corrected chi connectivity index (χ3v) is 2.62. The first-order valence-corrected chi connectivity index (χ1v) is 5.07. The van der Waals surface area contributed by atoms with Crippen molar-refractivity contribution in [2.45, 2.75) is 19.9 Å². The van der Waals surface area contributed by atoms with Gasteiger partial charge in [-0.15, -0.1) is 0 Å². The number of rotatable bonds is 2. The van der Waals surface area contributed by atoms with Crippen LogP contribution >= 0.6 is 0 Å². The van der Waals surface area contributed by atoms with Gasteiger partial charge in [0.15, 0.2) is 0 Å². The Bertz CT molecular complexity index is 320. The summed E-state index contributed by atoms with van der Waals surface area (Å²) in [6.07, 6.45) is 0.715. The summed E-state index contributed by atoms with van der Waals surface area (Å²) in [6.45, 7) is 3.81. The van der Waals surface area contributed by atoms with Gasteiger partial charge in [0.25, 0.3) is 0 Å². The molecule has 1 aliphatic heterocycles. The topological polar surface area (TPSA) is 20.3 Å². The molecular weight excluding hydrogens is 174 g/mol. The quantitative estimate of drug-likeness (QED) is 0.697. The molecule has 74 valence electrons. The SMILES string of the molecule is CC1CC(=O)N(Cc2ccccc2)C1. The third kappa shape index (κ3) is 1.95. The fraction of sp³-hybridized carbons (Fsp3) is 0.417. The highest BCUT2D eigenvalue weighted by Gasteiger charge is 2.25. The highest BCUT2D eigenvalue weighted by atomic mass is 16.2. The summed E-state index contributed by atoms with van der Waals surface area (Å²) in [5.41, 5.74) is 1.22. The van der Waals surface area contributed by atoms with Crippen molar-refractivity contribution in [3.05, 3.63) is 35.9 Å². The average molecular weight is 189 g/mol. The van der Waals surface area contributed by atoms with Crippen molar-refractivity contribution in [1.29, 1.82) is 0 Å². The van der Waals surface area contributed by atoms with Crippen LogP contribution in [0.1, 0.15) is 18.9 Å². The summed E-state index contributed by atoms with van der Waals surface area (Å²) in [5.74, 6) is 0.813. The first-order valence-electron chi connectivity index (χ1n) is 5.07. The number of amides is 1. The Balaban J connectivity index is 2.02. The summed E-state index contributed by atoms with van der Waals surface area (Å²) in [5, 5.41) is 0. The summed E-state index contributed by atoms with van der Waals surface area (Å²) in [7, 11) is 0. The molecule has 2 nitrogen and oxygen atoms in total. The van der Waals surface area contributed by atoms with Crippen molar-refractivity contribution >= 4 is 5.91 Å². The molecule has 0 radical (unpaired) electrons.